The molecule has 1 N–H and O–H groups in total. The maximum Gasteiger partial charge on any atom is 0.350 e. The van der Waals surface area contributed by atoms with E-state index in [0.29, 0.717) is 39.5 Å². The van der Waals surface area contributed by atoms with E-state index in [0.717, 1.165) is 25.9 Å². The topological polar surface area (TPSA) is 97.3 Å². The minimum Gasteiger partial charge on any atom is -0.462 e. The molecule has 1 amide bonds. The summed E-state index contributed by atoms with van der Waals surface area (Å²) in [4.78, 5) is 39.8. The molecule has 0 aromatic carbocycles. The number of esters is 1. The van der Waals surface area contributed by atoms with Gasteiger partial charge in [0, 0.05) is 19.3 Å². The van der Waals surface area contributed by atoms with Crippen LogP contribution >= 0.6 is 11.3 Å². The average molecular weight is 389 g/mol. The average Bonchev–Trinajstić information content (AvgIpc) is 3.02. The standard InChI is InChI=1S/C18H23N5O3S/c1-4-26-16(25)14-12(3)21-18(27-14)22-17-19-10-13(11(2)20-17)15(24)23-8-6-5-7-9-23/h10H,4-9H2,1-3H3,(H,19,20,21,22). The van der Waals surface area contributed by atoms with Gasteiger partial charge in [-0.25, -0.2) is 19.7 Å². The summed E-state index contributed by atoms with van der Waals surface area (Å²) in [6.45, 7) is 7.19. The van der Waals surface area contributed by atoms with Crippen LogP contribution in [0.15, 0.2) is 6.20 Å². The van der Waals surface area contributed by atoms with Crippen LogP contribution in [0.3, 0.4) is 0 Å². The number of ether oxygens (including phenoxy) is 1. The number of aromatic nitrogens is 3. The minimum atomic E-state index is -0.389. The highest BCUT2D eigenvalue weighted by Crippen LogP contribution is 2.25. The lowest BCUT2D eigenvalue weighted by Crippen LogP contribution is -2.36. The van der Waals surface area contributed by atoms with Gasteiger partial charge in [0.05, 0.1) is 23.6 Å². The normalized spacial score (nSPS) is 14.1. The van der Waals surface area contributed by atoms with Crippen LogP contribution in [0.2, 0.25) is 0 Å². The van der Waals surface area contributed by atoms with Crippen molar-refractivity contribution in [1.29, 1.82) is 0 Å². The Balaban J connectivity index is 1.73. The molecule has 2 aromatic rings. The molecule has 1 saturated heterocycles. The second-order valence-corrected chi connectivity index (χ2v) is 7.32. The quantitative estimate of drug-likeness (QED) is 0.785. The van der Waals surface area contributed by atoms with Crippen LogP contribution in [0.5, 0.6) is 0 Å². The van der Waals surface area contributed by atoms with Gasteiger partial charge in [0.15, 0.2) is 5.13 Å². The predicted molar refractivity (Wildman–Crippen MR) is 103 cm³/mol. The number of carbonyl (C=O) groups is 2. The maximum absolute atomic E-state index is 12.6. The molecule has 0 radical (unpaired) electrons. The van der Waals surface area contributed by atoms with Crippen LogP contribution in [0.25, 0.3) is 0 Å². The third-order valence-corrected chi connectivity index (χ3v) is 5.38. The zero-order valence-corrected chi connectivity index (χ0v) is 16.6. The molecule has 3 rings (SSSR count). The first-order chi connectivity index (χ1) is 13.0. The van der Waals surface area contributed by atoms with Crippen molar-refractivity contribution in [2.75, 3.05) is 25.0 Å². The van der Waals surface area contributed by atoms with E-state index in [2.05, 4.69) is 20.3 Å². The molecule has 27 heavy (non-hydrogen) atoms. The van der Waals surface area contributed by atoms with E-state index in [4.69, 9.17) is 4.74 Å². The highest BCUT2D eigenvalue weighted by molar-refractivity contribution is 7.17. The van der Waals surface area contributed by atoms with E-state index in [1.54, 1.807) is 27.0 Å². The van der Waals surface area contributed by atoms with Crippen molar-refractivity contribution in [2.24, 2.45) is 0 Å². The lowest BCUT2D eigenvalue weighted by molar-refractivity contribution is 0.0530. The first-order valence-corrected chi connectivity index (χ1v) is 9.85. The van der Waals surface area contributed by atoms with E-state index in [-0.39, 0.29) is 11.9 Å². The molecule has 2 aromatic heterocycles. The number of likely N-dealkylation sites (tertiary alicyclic amines) is 1. The Kier molecular flexibility index (Phi) is 6.00. The zero-order chi connectivity index (χ0) is 19.4. The van der Waals surface area contributed by atoms with Gasteiger partial charge in [-0.15, -0.1) is 0 Å². The van der Waals surface area contributed by atoms with Crippen LogP contribution in [0, 0.1) is 13.8 Å². The number of amides is 1. The molecule has 9 heteroatoms. The highest BCUT2D eigenvalue weighted by atomic mass is 32.1. The van der Waals surface area contributed by atoms with Crippen molar-refractivity contribution in [3.63, 3.8) is 0 Å². The summed E-state index contributed by atoms with van der Waals surface area (Å²) >= 11 is 1.19. The SMILES string of the molecule is CCOC(=O)c1sc(Nc2ncc(C(=O)N3CCCCC3)c(C)n2)nc1C. The molecule has 1 aliphatic rings. The van der Waals surface area contributed by atoms with E-state index < -0.39 is 0 Å². The molecule has 144 valence electrons. The van der Waals surface area contributed by atoms with Gasteiger partial charge in [0.1, 0.15) is 4.88 Å². The van der Waals surface area contributed by atoms with Crippen molar-refractivity contribution in [3.8, 4) is 0 Å². The molecule has 0 aliphatic carbocycles. The number of rotatable bonds is 5. The molecule has 0 spiro atoms. The fourth-order valence-corrected chi connectivity index (χ4v) is 3.79. The van der Waals surface area contributed by atoms with Gasteiger partial charge >= 0.3 is 5.97 Å². The number of nitrogens with one attached hydrogen (secondary N) is 1. The van der Waals surface area contributed by atoms with Crippen LogP contribution in [0.4, 0.5) is 11.1 Å². The van der Waals surface area contributed by atoms with Crippen LogP contribution in [-0.2, 0) is 4.74 Å². The van der Waals surface area contributed by atoms with Crippen LogP contribution in [-0.4, -0.2) is 51.4 Å². The Morgan fingerprint density at radius 3 is 2.59 bits per heavy atom. The molecule has 1 aliphatic heterocycles. The summed E-state index contributed by atoms with van der Waals surface area (Å²) in [7, 11) is 0. The van der Waals surface area contributed by atoms with Gasteiger partial charge in [-0.1, -0.05) is 11.3 Å². The fourth-order valence-electron chi connectivity index (χ4n) is 2.94. The predicted octanol–water partition coefficient (Wildman–Crippen LogP) is 3.10. The zero-order valence-electron chi connectivity index (χ0n) is 15.7. The minimum absolute atomic E-state index is 0.0200. The van der Waals surface area contributed by atoms with E-state index in [9.17, 15) is 9.59 Å². The fraction of sp³-hybridized carbons (Fsp3) is 0.500. The molecular weight excluding hydrogens is 366 g/mol. The Morgan fingerprint density at radius 2 is 1.93 bits per heavy atom. The van der Waals surface area contributed by atoms with Crippen molar-refractivity contribution in [2.45, 2.75) is 40.0 Å². The van der Waals surface area contributed by atoms with Crippen molar-refractivity contribution >= 4 is 34.3 Å². The summed E-state index contributed by atoms with van der Waals surface area (Å²) in [5.74, 6) is -0.0691. The second kappa shape index (κ2) is 8.43. The molecule has 3 heterocycles. The molecule has 0 bridgehead atoms. The Labute approximate surface area is 162 Å². The third kappa shape index (κ3) is 4.41. The number of anilines is 2. The highest BCUT2D eigenvalue weighted by Gasteiger charge is 2.21. The first kappa shape index (κ1) is 19.2. The summed E-state index contributed by atoms with van der Waals surface area (Å²) in [6, 6.07) is 0. The van der Waals surface area contributed by atoms with Gasteiger partial charge < -0.3 is 15.0 Å². The second-order valence-electron chi connectivity index (χ2n) is 6.32. The van der Waals surface area contributed by atoms with Gasteiger partial charge in [0.25, 0.3) is 5.91 Å². The summed E-state index contributed by atoms with van der Waals surface area (Å²) in [6.07, 6.45) is 4.80. The Morgan fingerprint density at radius 1 is 1.19 bits per heavy atom. The van der Waals surface area contributed by atoms with E-state index in [1.165, 1.54) is 17.8 Å². The number of aryl methyl sites for hydroxylation is 2. The van der Waals surface area contributed by atoms with Crippen LogP contribution in [0.1, 0.15) is 57.6 Å². The monoisotopic (exact) mass is 389 g/mol. The molecule has 8 nitrogen and oxygen atoms in total. The molecule has 0 saturated carbocycles. The van der Waals surface area contributed by atoms with Crippen molar-refractivity contribution in [1.82, 2.24) is 19.9 Å². The van der Waals surface area contributed by atoms with E-state index in [1.807, 2.05) is 4.90 Å². The Bertz CT molecular complexity index is 846. The summed E-state index contributed by atoms with van der Waals surface area (Å²) in [5, 5.41) is 3.51. The van der Waals surface area contributed by atoms with Crippen molar-refractivity contribution in [3.05, 3.63) is 28.0 Å². The Hall–Kier alpha value is -2.55. The lowest BCUT2D eigenvalue weighted by Gasteiger charge is -2.27. The lowest BCUT2D eigenvalue weighted by atomic mass is 10.1. The number of nitrogens with zero attached hydrogens (tertiary/aromatic N) is 4. The molecule has 0 unspecified atom stereocenters. The van der Waals surface area contributed by atoms with Crippen LogP contribution < -0.4 is 5.32 Å². The van der Waals surface area contributed by atoms with Gasteiger partial charge in [-0.3, -0.25) is 4.79 Å². The number of hydrogen-bond donors (Lipinski definition) is 1. The van der Waals surface area contributed by atoms with Gasteiger partial charge in [-0.2, -0.15) is 0 Å². The van der Waals surface area contributed by atoms with Gasteiger partial charge in [-0.05, 0) is 40.0 Å². The summed E-state index contributed by atoms with van der Waals surface area (Å²) in [5.41, 5.74) is 1.72. The maximum atomic E-state index is 12.6. The smallest absolute Gasteiger partial charge is 0.350 e. The third-order valence-electron chi connectivity index (χ3n) is 4.33. The number of piperidine rings is 1. The molecule has 0 atom stereocenters. The first-order valence-electron chi connectivity index (χ1n) is 9.04. The molecule has 1 fully saturated rings. The number of carbonyl (C=O) groups excluding carboxylic acids is 2. The number of hydrogen-bond acceptors (Lipinski definition) is 8. The summed E-state index contributed by atoms with van der Waals surface area (Å²) < 4.78 is 5.02. The molecular formula is C18H23N5O3S. The number of thiazole rings is 1. The van der Waals surface area contributed by atoms with E-state index >= 15 is 0 Å². The van der Waals surface area contributed by atoms with Crippen molar-refractivity contribution < 1.29 is 14.3 Å². The van der Waals surface area contributed by atoms with Gasteiger partial charge in [0.2, 0.25) is 5.95 Å². The largest absolute Gasteiger partial charge is 0.462 e.